The third-order valence-corrected chi connectivity index (χ3v) is 3.35. The van der Waals surface area contributed by atoms with Crippen molar-refractivity contribution in [2.75, 3.05) is 13.2 Å². The highest BCUT2D eigenvalue weighted by molar-refractivity contribution is 5.88. The van der Waals surface area contributed by atoms with E-state index in [9.17, 15) is 4.79 Å². The second kappa shape index (κ2) is 8.15. The van der Waals surface area contributed by atoms with Crippen molar-refractivity contribution in [1.82, 2.24) is 5.32 Å². The molecule has 0 spiro atoms. The maximum atomic E-state index is 11.7. The first-order valence-electron chi connectivity index (χ1n) is 7.40. The van der Waals surface area contributed by atoms with Crippen molar-refractivity contribution >= 4 is 5.97 Å². The lowest BCUT2D eigenvalue weighted by Crippen LogP contribution is -2.27. The van der Waals surface area contributed by atoms with Crippen LogP contribution in [0.5, 0.6) is 0 Å². The monoisotopic (exact) mass is 295 g/mol. The summed E-state index contributed by atoms with van der Waals surface area (Å²) in [6.45, 7) is 6.32. The molecule has 0 aliphatic heterocycles. The number of carbonyl (C=O) groups excluding carboxylic acids is 1. The molecule has 0 aliphatic rings. The first-order chi connectivity index (χ1) is 10.7. The van der Waals surface area contributed by atoms with E-state index in [2.05, 4.69) is 36.2 Å². The summed E-state index contributed by atoms with van der Waals surface area (Å²) >= 11 is 0. The van der Waals surface area contributed by atoms with E-state index >= 15 is 0 Å². The van der Waals surface area contributed by atoms with Crippen LogP contribution < -0.4 is 5.32 Å². The normalized spacial score (nSPS) is 10.5. The van der Waals surface area contributed by atoms with E-state index in [-0.39, 0.29) is 12.0 Å². The molecule has 0 aromatic heterocycles. The Morgan fingerprint density at radius 3 is 2.00 bits per heavy atom. The lowest BCUT2D eigenvalue weighted by molar-refractivity contribution is -0.138. The second-order valence-electron chi connectivity index (χ2n) is 4.96. The second-order valence-corrected chi connectivity index (χ2v) is 4.96. The van der Waals surface area contributed by atoms with Crippen LogP contribution >= 0.6 is 0 Å². The smallest absolute Gasteiger partial charge is 0.334 e. The van der Waals surface area contributed by atoms with Crippen LogP contribution in [0.4, 0.5) is 0 Å². The Hall–Kier alpha value is -2.39. The third-order valence-electron chi connectivity index (χ3n) is 3.35. The van der Waals surface area contributed by atoms with Crippen LogP contribution in [0.1, 0.15) is 24.1 Å². The number of hydrogen-bond donors (Lipinski definition) is 1. The predicted octanol–water partition coefficient (Wildman–Crippen LogP) is 3.48. The summed E-state index contributed by atoms with van der Waals surface area (Å²) in [5.41, 5.74) is 2.72. The van der Waals surface area contributed by atoms with Crippen molar-refractivity contribution in [2.45, 2.75) is 13.0 Å². The molecule has 2 rings (SSSR count). The molecule has 0 bridgehead atoms. The molecule has 0 radical (unpaired) electrons. The SMILES string of the molecule is C=C(CNC(c1ccccc1)c1ccccc1)C(=O)OCC. The highest BCUT2D eigenvalue weighted by atomic mass is 16.5. The van der Waals surface area contributed by atoms with Gasteiger partial charge in [0.2, 0.25) is 0 Å². The zero-order valence-electron chi connectivity index (χ0n) is 12.8. The molecule has 0 heterocycles. The summed E-state index contributed by atoms with van der Waals surface area (Å²) < 4.78 is 4.97. The number of carbonyl (C=O) groups is 1. The first kappa shape index (κ1) is 16.0. The molecule has 114 valence electrons. The van der Waals surface area contributed by atoms with E-state index in [0.717, 1.165) is 11.1 Å². The van der Waals surface area contributed by atoms with E-state index < -0.39 is 0 Å². The summed E-state index contributed by atoms with van der Waals surface area (Å²) in [6, 6.07) is 20.3. The molecule has 0 atom stereocenters. The van der Waals surface area contributed by atoms with Gasteiger partial charge in [-0.05, 0) is 18.1 Å². The highest BCUT2D eigenvalue weighted by Gasteiger charge is 2.15. The molecule has 0 aliphatic carbocycles. The van der Waals surface area contributed by atoms with Gasteiger partial charge in [-0.3, -0.25) is 0 Å². The minimum Gasteiger partial charge on any atom is -0.463 e. The Morgan fingerprint density at radius 2 is 1.55 bits per heavy atom. The molecule has 2 aromatic rings. The molecule has 22 heavy (non-hydrogen) atoms. The Bertz CT molecular complexity index is 568. The number of rotatable bonds is 7. The van der Waals surface area contributed by atoms with E-state index in [4.69, 9.17) is 4.74 Å². The van der Waals surface area contributed by atoms with Gasteiger partial charge in [-0.25, -0.2) is 4.79 Å². The summed E-state index contributed by atoms with van der Waals surface area (Å²) in [5.74, 6) is -0.352. The minimum absolute atomic E-state index is 0.00794. The highest BCUT2D eigenvalue weighted by Crippen LogP contribution is 2.21. The lowest BCUT2D eigenvalue weighted by atomic mass is 9.98. The number of nitrogens with one attached hydrogen (secondary N) is 1. The molecule has 0 fully saturated rings. The molecule has 3 heteroatoms. The summed E-state index contributed by atoms with van der Waals surface area (Å²) in [6.07, 6.45) is 0. The maximum absolute atomic E-state index is 11.7. The van der Waals surface area contributed by atoms with Crippen molar-refractivity contribution in [2.24, 2.45) is 0 Å². The van der Waals surface area contributed by atoms with Gasteiger partial charge in [0, 0.05) is 12.1 Å². The summed E-state index contributed by atoms with van der Waals surface area (Å²) in [4.78, 5) is 11.7. The molecular weight excluding hydrogens is 274 g/mol. The van der Waals surface area contributed by atoms with Crippen LogP contribution in [0.3, 0.4) is 0 Å². The van der Waals surface area contributed by atoms with E-state index in [1.54, 1.807) is 6.92 Å². The third kappa shape index (κ3) is 4.30. The average molecular weight is 295 g/mol. The Balaban J connectivity index is 2.13. The van der Waals surface area contributed by atoms with E-state index in [1.807, 2.05) is 36.4 Å². The summed E-state index contributed by atoms with van der Waals surface area (Å²) in [5, 5.41) is 3.39. The number of hydrogen-bond acceptors (Lipinski definition) is 3. The predicted molar refractivity (Wildman–Crippen MR) is 88.5 cm³/mol. The maximum Gasteiger partial charge on any atom is 0.334 e. The Kier molecular flexibility index (Phi) is 5.92. The van der Waals surface area contributed by atoms with Crippen molar-refractivity contribution in [3.05, 3.63) is 83.9 Å². The molecule has 0 unspecified atom stereocenters. The topological polar surface area (TPSA) is 38.3 Å². The first-order valence-corrected chi connectivity index (χ1v) is 7.40. The Morgan fingerprint density at radius 1 is 1.05 bits per heavy atom. The van der Waals surface area contributed by atoms with Crippen molar-refractivity contribution in [3.8, 4) is 0 Å². The van der Waals surface area contributed by atoms with Crippen molar-refractivity contribution in [3.63, 3.8) is 0 Å². The van der Waals surface area contributed by atoms with Gasteiger partial charge in [0.05, 0.1) is 12.6 Å². The number of esters is 1. The number of benzene rings is 2. The fourth-order valence-corrected chi connectivity index (χ4v) is 2.25. The van der Waals surface area contributed by atoms with Gasteiger partial charge in [0.15, 0.2) is 0 Å². The molecular formula is C19H21NO2. The molecule has 1 N–H and O–H groups in total. The zero-order valence-corrected chi connectivity index (χ0v) is 12.8. The van der Waals surface area contributed by atoms with Gasteiger partial charge in [-0.15, -0.1) is 0 Å². The van der Waals surface area contributed by atoms with Crippen LogP contribution in [0, 0.1) is 0 Å². The molecule has 2 aromatic carbocycles. The van der Waals surface area contributed by atoms with Crippen LogP contribution in [-0.2, 0) is 9.53 Å². The molecule has 3 nitrogen and oxygen atoms in total. The van der Waals surface area contributed by atoms with Crippen LogP contribution in [0.15, 0.2) is 72.8 Å². The van der Waals surface area contributed by atoms with Crippen LogP contribution in [-0.4, -0.2) is 19.1 Å². The van der Waals surface area contributed by atoms with Gasteiger partial charge >= 0.3 is 5.97 Å². The van der Waals surface area contributed by atoms with Crippen molar-refractivity contribution < 1.29 is 9.53 Å². The molecule has 0 saturated heterocycles. The van der Waals surface area contributed by atoms with Crippen molar-refractivity contribution in [1.29, 1.82) is 0 Å². The van der Waals surface area contributed by atoms with Gasteiger partial charge < -0.3 is 10.1 Å². The summed E-state index contributed by atoms with van der Waals surface area (Å²) in [7, 11) is 0. The lowest BCUT2D eigenvalue weighted by Gasteiger charge is -2.20. The largest absolute Gasteiger partial charge is 0.463 e. The molecule has 0 amide bonds. The number of ether oxygens (including phenoxy) is 1. The fourth-order valence-electron chi connectivity index (χ4n) is 2.25. The minimum atomic E-state index is -0.352. The van der Waals surface area contributed by atoms with E-state index in [1.165, 1.54) is 0 Å². The van der Waals surface area contributed by atoms with Crippen LogP contribution in [0.2, 0.25) is 0 Å². The fraction of sp³-hybridized carbons (Fsp3) is 0.211. The molecule has 0 saturated carbocycles. The zero-order chi connectivity index (χ0) is 15.8. The van der Waals surface area contributed by atoms with Gasteiger partial charge in [-0.2, -0.15) is 0 Å². The quantitative estimate of drug-likeness (QED) is 0.628. The van der Waals surface area contributed by atoms with E-state index in [0.29, 0.717) is 18.7 Å². The average Bonchev–Trinajstić information content (AvgIpc) is 2.57. The standard InChI is InChI=1S/C19H21NO2/c1-3-22-19(21)15(2)14-20-18(16-10-6-4-7-11-16)17-12-8-5-9-13-17/h4-13,18,20H,2-3,14H2,1H3. The van der Waals surface area contributed by atoms with Gasteiger partial charge in [0.25, 0.3) is 0 Å². The van der Waals surface area contributed by atoms with Crippen LogP contribution in [0.25, 0.3) is 0 Å². The Labute approximate surface area is 131 Å². The van der Waals surface area contributed by atoms with Gasteiger partial charge in [0.1, 0.15) is 0 Å². The van der Waals surface area contributed by atoms with Gasteiger partial charge in [-0.1, -0.05) is 67.2 Å².